The molecule has 0 bridgehead atoms. The van der Waals surface area contributed by atoms with E-state index in [9.17, 15) is 9.59 Å². The first kappa shape index (κ1) is 19.1. The van der Waals surface area contributed by atoms with Gasteiger partial charge in [-0.25, -0.2) is 9.67 Å². The number of carbonyl (C=O) groups is 1. The molecule has 5 aromatic rings. The first-order valence-electron chi connectivity index (χ1n) is 9.43. The molecule has 0 aliphatic rings. The fourth-order valence-corrected chi connectivity index (χ4v) is 3.85. The number of nitrogens with one attached hydrogen (secondary N) is 1. The van der Waals surface area contributed by atoms with Crippen molar-refractivity contribution in [3.8, 4) is 5.69 Å². The molecule has 0 unspecified atom stereocenters. The van der Waals surface area contributed by atoms with E-state index >= 15 is 0 Å². The lowest BCUT2D eigenvalue weighted by Gasteiger charge is -2.10. The Morgan fingerprint density at radius 2 is 1.84 bits per heavy atom. The monoisotopic (exact) mass is 474 g/mol. The molecule has 0 radical (unpaired) electrons. The molecule has 31 heavy (non-hydrogen) atoms. The topological polar surface area (TPSA) is 94.7 Å². The van der Waals surface area contributed by atoms with Crippen LogP contribution in [0.1, 0.15) is 0 Å². The smallest absolute Gasteiger partial charge is 0.264 e. The molecule has 0 aliphatic carbocycles. The van der Waals surface area contributed by atoms with Gasteiger partial charge in [0.2, 0.25) is 5.91 Å². The van der Waals surface area contributed by atoms with Crippen molar-refractivity contribution in [3.63, 3.8) is 0 Å². The molecule has 0 saturated carbocycles. The van der Waals surface area contributed by atoms with Crippen molar-refractivity contribution >= 4 is 49.5 Å². The number of aromatic nitrogens is 5. The van der Waals surface area contributed by atoms with Crippen molar-refractivity contribution in [2.24, 2.45) is 0 Å². The number of hydrogen-bond acceptors (Lipinski definition) is 5. The van der Waals surface area contributed by atoms with Crippen molar-refractivity contribution in [1.29, 1.82) is 0 Å². The Morgan fingerprint density at radius 3 is 2.68 bits per heavy atom. The Hall–Kier alpha value is -3.85. The van der Waals surface area contributed by atoms with Gasteiger partial charge >= 0.3 is 0 Å². The Balaban J connectivity index is 1.44. The van der Waals surface area contributed by atoms with Gasteiger partial charge in [-0.05, 0) is 30.3 Å². The number of benzene rings is 2. The summed E-state index contributed by atoms with van der Waals surface area (Å²) in [7, 11) is 0. The van der Waals surface area contributed by atoms with E-state index in [4.69, 9.17) is 0 Å². The van der Waals surface area contributed by atoms with Crippen molar-refractivity contribution < 1.29 is 4.79 Å². The second-order valence-electron chi connectivity index (χ2n) is 6.85. The Morgan fingerprint density at radius 1 is 1.00 bits per heavy atom. The van der Waals surface area contributed by atoms with Gasteiger partial charge in [0.05, 0.1) is 23.1 Å². The number of carbonyl (C=O) groups excluding carboxylic acids is 1. The average Bonchev–Trinajstić information content (AvgIpc) is 3.23. The van der Waals surface area contributed by atoms with Gasteiger partial charge in [0.15, 0.2) is 5.65 Å². The molecule has 3 heterocycles. The first-order chi connectivity index (χ1) is 15.1. The van der Waals surface area contributed by atoms with Crippen molar-refractivity contribution in [3.05, 3.63) is 88.1 Å². The molecule has 0 spiro atoms. The lowest BCUT2D eigenvalue weighted by Crippen LogP contribution is -2.28. The zero-order chi connectivity index (χ0) is 21.4. The zero-order valence-electron chi connectivity index (χ0n) is 16.1. The predicted molar refractivity (Wildman–Crippen MR) is 121 cm³/mol. The Kier molecular flexibility index (Phi) is 4.79. The summed E-state index contributed by atoms with van der Waals surface area (Å²) >= 11 is 3.49. The minimum absolute atomic E-state index is 0.178. The predicted octanol–water partition coefficient (Wildman–Crippen LogP) is 3.53. The van der Waals surface area contributed by atoms with E-state index in [1.807, 2.05) is 48.5 Å². The normalized spacial score (nSPS) is 11.1. The standard InChI is InChI=1S/C22H15BrN6O2/c23-17-8-9-18(20-15(17)7-4-10-24-20)27-19(30)12-28-13-25-21-16(22(28)31)11-26-29(21)14-5-2-1-3-6-14/h1-11,13H,12H2,(H,27,30). The quantitative estimate of drug-likeness (QED) is 0.429. The van der Waals surface area contributed by atoms with Crippen LogP contribution < -0.4 is 10.9 Å². The van der Waals surface area contributed by atoms with Crippen LogP contribution in [0.5, 0.6) is 0 Å². The molecular weight excluding hydrogens is 460 g/mol. The lowest BCUT2D eigenvalue weighted by atomic mass is 10.2. The van der Waals surface area contributed by atoms with Crippen LogP contribution in [0, 0.1) is 0 Å². The van der Waals surface area contributed by atoms with Gasteiger partial charge in [-0.1, -0.05) is 40.2 Å². The lowest BCUT2D eigenvalue weighted by molar-refractivity contribution is -0.116. The molecule has 8 nitrogen and oxygen atoms in total. The second-order valence-corrected chi connectivity index (χ2v) is 7.70. The average molecular weight is 475 g/mol. The minimum atomic E-state index is -0.354. The number of fused-ring (bicyclic) bond motifs is 2. The van der Waals surface area contributed by atoms with Crippen LogP contribution in [0.15, 0.2) is 82.6 Å². The summed E-state index contributed by atoms with van der Waals surface area (Å²) in [5.41, 5.74) is 2.14. The third-order valence-corrected chi connectivity index (χ3v) is 5.55. The van der Waals surface area contributed by atoms with Crippen LogP contribution in [0.25, 0.3) is 27.6 Å². The van der Waals surface area contributed by atoms with E-state index < -0.39 is 0 Å². The number of rotatable bonds is 4. The summed E-state index contributed by atoms with van der Waals surface area (Å²) in [5.74, 6) is -0.354. The van der Waals surface area contributed by atoms with E-state index in [0.29, 0.717) is 22.2 Å². The number of amides is 1. The number of pyridine rings is 1. The molecule has 3 aromatic heterocycles. The molecule has 0 atom stereocenters. The van der Waals surface area contributed by atoms with Gasteiger partial charge in [0.1, 0.15) is 18.3 Å². The summed E-state index contributed by atoms with van der Waals surface area (Å²) in [6.45, 7) is -0.178. The largest absolute Gasteiger partial charge is 0.323 e. The molecule has 0 fully saturated rings. The molecule has 1 N–H and O–H groups in total. The molecule has 2 aromatic carbocycles. The van der Waals surface area contributed by atoms with Crippen LogP contribution in [0.2, 0.25) is 0 Å². The fourth-order valence-electron chi connectivity index (χ4n) is 3.40. The van der Waals surface area contributed by atoms with Crippen LogP contribution in [-0.2, 0) is 11.3 Å². The molecule has 0 aliphatic heterocycles. The SMILES string of the molecule is O=C(Cn1cnc2c(cnn2-c2ccccc2)c1=O)Nc1ccc(Br)c2cccnc12. The van der Waals surface area contributed by atoms with E-state index in [0.717, 1.165) is 15.5 Å². The summed E-state index contributed by atoms with van der Waals surface area (Å²) in [5, 5.41) is 8.35. The number of hydrogen-bond donors (Lipinski definition) is 1. The number of anilines is 1. The third kappa shape index (κ3) is 3.49. The van der Waals surface area contributed by atoms with Crippen LogP contribution in [0.3, 0.4) is 0 Å². The maximum absolute atomic E-state index is 12.9. The fraction of sp³-hybridized carbons (Fsp3) is 0.0455. The number of halogens is 1. The Bertz CT molecular complexity index is 1490. The van der Waals surface area contributed by atoms with Crippen LogP contribution in [-0.4, -0.2) is 30.2 Å². The van der Waals surface area contributed by atoms with Crippen molar-refractivity contribution in [2.45, 2.75) is 6.54 Å². The van der Waals surface area contributed by atoms with E-state index in [1.54, 1.807) is 16.9 Å². The minimum Gasteiger partial charge on any atom is -0.323 e. The van der Waals surface area contributed by atoms with Gasteiger partial charge in [-0.15, -0.1) is 0 Å². The van der Waals surface area contributed by atoms with Gasteiger partial charge in [-0.2, -0.15) is 5.10 Å². The van der Waals surface area contributed by atoms with Gasteiger partial charge in [0.25, 0.3) is 5.56 Å². The van der Waals surface area contributed by atoms with Crippen LogP contribution in [0.4, 0.5) is 5.69 Å². The molecular formula is C22H15BrN6O2. The molecule has 9 heteroatoms. The highest BCUT2D eigenvalue weighted by atomic mass is 79.9. The molecule has 1 amide bonds. The van der Waals surface area contributed by atoms with Crippen LogP contribution >= 0.6 is 15.9 Å². The molecule has 152 valence electrons. The van der Waals surface area contributed by atoms with Gasteiger partial charge in [0, 0.05) is 16.1 Å². The highest BCUT2D eigenvalue weighted by molar-refractivity contribution is 9.10. The molecule has 5 rings (SSSR count). The van der Waals surface area contributed by atoms with E-state index in [-0.39, 0.29) is 18.0 Å². The number of para-hydroxylation sites is 1. The van der Waals surface area contributed by atoms with Gasteiger partial charge in [-0.3, -0.25) is 19.1 Å². The van der Waals surface area contributed by atoms with Crippen molar-refractivity contribution in [1.82, 2.24) is 24.3 Å². The first-order valence-corrected chi connectivity index (χ1v) is 10.2. The Labute approximate surface area is 184 Å². The highest BCUT2D eigenvalue weighted by Gasteiger charge is 2.14. The van der Waals surface area contributed by atoms with Crippen molar-refractivity contribution in [2.75, 3.05) is 5.32 Å². The highest BCUT2D eigenvalue weighted by Crippen LogP contribution is 2.28. The zero-order valence-corrected chi connectivity index (χ0v) is 17.7. The van der Waals surface area contributed by atoms with E-state index in [2.05, 4.69) is 36.3 Å². The van der Waals surface area contributed by atoms with E-state index in [1.165, 1.54) is 17.1 Å². The summed E-state index contributed by atoms with van der Waals surface area (Å²) in [6.07, 6.45) is 4.50. The number of nitrogens with zero attached hydrogens (tertiary/aromatic N) is 5. The van der Waals surface area contributed by atoms with Gasteiger partial charge < -0.3 is 5.32 Å². The molecule has 0 saturated heterocycles. The summed E-state index contributed by atoms with van der Waals surface area (Å²) < 4.78 is 3.75. The maximum atomic E-state index is 12.9. The maximum Gasteiger partial charge on any atom is 0.264 e. The second kappa shape index (κ2) is 7.77. The summed E-state index contributed by atoms with van der Waals surface area (Å²) in [6, 6.07) is 16.8. The third-order valence-electron chi connectivity index (χ3n) is 4.86. The summed E-state index contributed by atoms with van der Waals surface area (Å²) in [4.78, 5) is 34.3.